The standard InChI is InChI=1S/C25H34N2O3S/c1-5-27(14-12-18-6-10-21(11-7-18)31(4,29)30)24-23-16-19-8-9-20(28)17-22(19)25(24,2)13-15-26(23)3/h6-11,17,23-24,28H,5,12-16H2,1-4H3/t23-,24+,25+/m1/s1. The second-order valence-corrected chi connectivity index (χ2v) is 11.5. The molecule has 6 heteroatoms. The molecular formula is C25H34N2O3S. The molecule has 1 aliphatic carbocycles. The van der Waals surface area contributed by atoms with E-state index in [4.69, 9.17) is 0 Å². The predicted octanol–water partition coefficient (Wildman–Crippen LogP) is 3.25. The van der Waals surface area contributed by atoms with Crippen molar-refractivity contribution in [3.63, 3.8) is 0 Å². The van der Waals surface area contributed by atoms with Crippen molar-refractivity contribution in [2.24, 2.45) is 0 Å². The molecule has 31 heavy (non-hydrogen) atoms. The fraction of sp³-hybridized carbons (Fsp3) is 0.520. The van der Waals surface area contributed by atoms with Crippen LogP contribution in [-0.2, 0) is 28.1 Å². The second-order valence-electron chi connectivity index (χ2n) is 9.50. The molecule has 1 fully saturated rings. The van der Waals surface area contributed by atoms with Crippen molar-refractivity contribution in [2.75, 3.05) is 32.9 Å². The lowest BCUT2D eigenvalue weighted by atomic mass is 9.61. The Hall–Kier alpha value is -1.89. The summed E-state index contributed by atoms with van der Waals surface area (Å²) in [5.41, 5.74) is 3.82. The number of aromatic hydroxyl groups is 1. The molecule has 168 valence electrons. The number of likely N-dealkylation sites (tertiary alicyclic amines) is 1. The average Bonchev–Trinajstić information content (AvgIpc) is 2.73. The molecular weight excluding hydrogens is 408 g/mol. The van der Waals surface area contributed by atoms with Gasteiger partial charge in [0.05, 0.1) is 4.90 Å². The summed E-state index contributed by atoms with van der Waals surface area (Å²) in [5.74, 6) is 0.352. The van der Waals surface area contributed by atoms with Gasteiger partial charge in [-0.25, -0.2) is 8.42 Å². The van der Waals surface area contributed by atoms with Crippen molar-refractivity contribution in [2.45, 2.75) is 55.5 Å². The third-order valence-electron chi connectivity index (χ3n) is 7.54. The van der Waals surface area contributed by atoms with Crippen LogP contribution in [0.3, 0.4) is 0 Å². The van der Waals surface area contributed by atoms with E-state index in [1.807, 2.05) is 24.3 Å². The zero-order valence-electron chi connectivity index (χ0n) is 19.0. The number of likely N-dealkylation sites (N-methyl/N-ethyl adjacent to an activating group) is 2. The highest BCUT2D eigenvalue weighted by molar-refractivity contribution is 7.90. The van der Waals surface area contributed by atoms with Crippen molar-refractivity contribution in [1.82, 2.24) is 9.80 Å². The van der Waals surface area contributed by atoms with Gasteiger partial charge in [0.1, 0.15) is 5.75 Å². The Morgan fingerprint density at radius 2 is 1.90 bits per heavy atom. The van der Waals surface area contributed by atoms with E-state index in [1.54, 1.807) is 12.1 Å². The maximum Gasteiger partial charge on any atom is 0.175 e. The number of fused-ring (bicyclic) bond motifs is 4. The molecule has 4 rings (SSSR count). The van der Waals surface area contributed by atoms with Gasteiger partial charge in [-0.3, -0.25) is 4.90 Å². The quantitative estimate of drug-likeness (QED) is 0.744. The molecule has 1 N–H and O–H groups in total. The van der Waals surface area contributed by atoms with Crippen molar-refractivity contribution in [3.8, 4) is 5.75 Å². The molecule has 3 atom stereocenters. The Bertz CT molecular complexity index is 1050. The molecule has 0 radical (unpaired) electrons. The SMILES string of the molecule is CCN(CCc1ccc(S(C)(=O)=O)cc1)[C@H]1[C@H]2Cc3ccc(O)cc3[C@]1(C)CCN2C. The second kappa shape index (κ2) is 8.23. The first kappa shape index (κ1) is 22.3. The van der Waals surface area contributed by atoms with Crippen LogP contribution in [0.1, 0.15) is 37.0 Å². The molecule has 2 aliphatic rings. The zero-order valence-corrected chi connectivity index (χ0v) is 19.8. The van der Waals surface area contributed by atoms with E-state index in [1.165, 1.54) is 17.4 Å². The van der Waals surface area contributed by atoms with Crippen LogP contribution in [-0.4, -0.2) is 68.3 Å². The number of hydrogen-bond acceptors (Lipinski definition) is 5. The van der Waals surface area contributed by atoms with Gasteiger partial charge in [-0.15, -0.1) is 0 Å². The maximum atomic E-state index is 11.7. The molecule has 0 saturated carbocycles. The van der Waals surface area contributed by atoms with Crippen LogP contribution in [0, 0.1) is 0 Å². The van der Waals surface area contributed by atoms with E-state index in [0.29, 0.717) is 22.7 Å². The first-order chi connectivity index (χ1) is 14.6. The smallest absolute Gasteiger partial charge is 0.175 e. The van der Waals surface area contributed by atoms with Gasteiger partial charge in [-0.2, -0.15) is 0 Å². The summed E-state index contributed by atoms with van der Waals surface area (Å²) in [6.45, 7) is 7.55. The molecule has 0 amide bonds. The summed E-state index contributed by atoms with van der Waals surface area (Å²) in [7, 11) is -0.929. The number of piperidine rings is 1. The monoisotopic (exact) mass is 442 g/mol. The van der Waals surface area contributed by atoms with Crippen molar-refractivity contribution >= 4 is 9.84 Å². The Morgan fingerprint density at radius 3 is 2.55 bits per heavy atom. The third kappa shape index (κ3) is 4.13. The minimum atomic E-state index is -3.17. The first-order valence-electron chi connectivity index (χ1n) is 11.2. The van der Waals surface area contributed by atoms with Gasteiger partial charge < -0.3 is 10.0 Å². The van der Waals surface area contributed by atoms with E-state index >= 15 is 0 Å². The van der Waals surface area contributed by atoms with Gasteiger partial charge in [-0.1, -0.05) is 32.0 Å². The van der Waals surface area contributed by atoms with Crippen LogP contribution < -0.4 is 0 Å². The Balaban J connectivity index is 1.60. The number of nitrogens with zero attached hydrogens (tertiary/aromatic N) is 2. The number of hydrogen-bond donors (Lipinski definition) is 1. The van der Waals surface area contributed by atoms with Gasteiger partial charge in [0.25, 0.3) is 0 Å². The minimum absolute atomic E-state index is 0.000341. The van der Waals surface area contributed by atoms with Crippen LogP contribution in [0.15, 0.2) is 47.4 Å². The molecule has 0 aromatic heterocycles. The fourth-order valence-corrected chi connectivity index (χ4v) is 6.40. The van der Waals surface area contributed by atoms with Gasteiger partial charge in [-0.05, 0) is 80.4 Å². The van der Waals surface area contributed by atoms with E-state index in [2.05, 4.69) is 36.8 Å². The highest BCUT2D eigenvalue weighted by Gasteiger charge is 2.51. The van der Waals surface area contributed by atoms with E-state index in [0.717, 1.165) is 44.5 Å². The summed E-state index contributed by atoms with van der Waals surface area (Å²) >= 11 is 0. The molecule has 2 aromatic rings. The lowest BCUT2D eigenvalue weighted by Gasteiger charge is -2.58. The summed E-state index contributed by atoms with van der Waals surface area (Å²) in [5, 5.41) is 10.2. The molecule has 1 saturated heterocycles. The minimum Gasteiger partial charge on any atom is -0.508 e. The molecule has 0 spiro atoms. The lowest BCUT2D eigenvalue weighted by Crippen LogP contribution is -2.67. The number of benzene rings is 2. The van der Waals surface area contributed by atoms with Gasteiger partial charge in [0.2, 0.25) is 0 Å². The van der Waals surface area contributed by atoms with Gasteiger partial charge in [0.15, 0.2) is 9.84 Å². The molecule has 5 nitrogen and oxygen atoms in total. The maximum absolute atomic E-state index is 11.7. The van der Waals surface area contributed by atoms with Crippen LogP contribution >= 0.6 is 0 Å². The first-order valence-corrected chi connectivity index (χ1v) is 13.1. The number of sulfone groups is 1. The Kier molecular flexibility index (Phi) is 5.92. The van der Waals surface area contributed by atoms with Crippen LogP contribution in [0.5, 0.6) is 5.75 Å². The average molecular weight is 443 g/mol. The molecule has 2 bridgehead atoms. The van der Waals surface area contributed by atoms with E-state index < -0.39 is 9.84 Å². The molecule has 1 heterocycles. The third-order valence-corrected chi connectivity index (χ3v) is 8.67. The van der Waals surface area contributed by atoms with Crippen LogP contribution in [0.25, 0.3) is 0 Å². The Morgan fingerprint density at radius 1 is 1.19 bits per heavy atom. The summed E-state index contributed by atoms with van der Waals surface area (Å²) in [4.78, 5) is 5.47. The van der Waals surface area contributed by atoms with Gasteiger partial charge >= 0.3 is 0 Å². The highest BCUT2D eigenvalue weighted by Crippen LogP contribution is 2.47. The summed E-state index contributed by atoms with van der Waals surface area (Å²) in [6, 6.07) is 14.0. The van der Waals surface area contributed by atoms with Crippen molar-refractivity contribution in [3.05, 3.63) is 59.2 Å². The number of rotatable bonds is 6. The van der Waals surface area contributed by atoms with Gasteiger partial charge in [0, 0.05) is 30.3 Å². The largest absolute Gasteiger partial charge is 0.508 e. The summed E-state index contributed by atoms with van der Waals surface area (Å²) in [6.07, 6.45) is 4.20. The van der Waals surface area contributed by atoms with Crippen LogP contribution in [0.2, 0.25) is 0 Å². The molecule has 0 unspecified atom stereocenters. The Labute approximate surface area is 186 Å². The zero-order chi connectivity index (χ0) is 22.4. The molecule has 1 aliphatic heterocycles. The van der Waals surface area contributed by atoms with E-state index in [9.17, 15) is 13.5 Å². The normalized spacial score (nSPS) is 26.1. The fourth-order valence-electron chi connectivity index (χ4n) is 5.77. The van der Waals surface area contributed by atoms with Crippen molar-refractivity contribution < 1.29 is 13.5 Å². The van der Waals surface area contributed by atoms with E-state index in [-0.39, 0.29) is 5.41 Å². The lowest BCUT2D eigenvalue weighted by molar-refractivity contribution is -0.00678. The number of phenolic OH excluding ortho intramolecular Hbond substituents is 1. The summed E-state index contributed by atoms with van der Waals surface area (Å²) < 4.78 is 23.5. The highest BCUT2D eigenvalue weighted by atomic mass is 32.2. The van der Waals surface area contributed by atoms with Crippen molar-refractivity contribution in [1.29, 1.82) is 0 Å². The topological polar surface area (TPSA) is 60.9 Å². The number of phenols is 1. The molecule has 2 aromatic carbocycles. The van der Waals surface area contributed by atoms with Crippen LogP contribution in [0.4, 0.5) is 0 Å². The predicted molar refractivity (Wildman–Crippen MR) is 124 cm³/mol.